The Kier molecular flexibility index (Phi) is 5.66. The van der Waals surface area contributed by atoms with Crippen molar-refractivity contribution in [2.24, 2.45) is 0 Å². The molecule has 0 aliphatic carbocycles. The molecule has 0 bridgehead atoms. The number of carbonyl (C=O) groups is 1. The van der Waals surface area contributed by atoms with Crippen LogP contribution in [0.1, 0.15) is 11.1 Å². The molecule has 1 aromatic heterocycles. The number of halogens is 2. The number of hydrogen-bond acceptors (Lipinski definition) is 4. The molecule has 152 valence electrons. The van der Waals surface area contributed by atoms with E-state index in [1.807, 2.05) is 26.0 Å². The van der Waals surface area contributed by atoms with E-state index in [0.717, 1.165) is 22.2 Å². The smallest absolute Gasteiger partial charge is 0.262 e. The lowest BCUT2D eigenvalue weighted by molar-refractivity contribution is -0.118. The van der Waals surface area contributed by atoms with Crippen LogP contribution in [0.3, 0.4) is 0 Å². The van der Waals surface area contributed by atoms with E-state index in [2.05, 4.69) is 10.3 Å². The first-order valence-electron chi connectivity index (χ1n) is 9.25. The van der Waals surface area contributed by atoms with E-state index >= 15 is 0 Å². The number of hydrogen-bond donors (Lipinski definition) is 1. The summed E-state index contributed by atoms with van der Waals surface area (Å²) in [6.07, 6.45) is 0. The summed E-state index contributed by atoms with van der Waals surface area (Å²) in [7, 11) is 0. The molecule has 30 heavy (non-hydrogen) atoms. The Bertz CT molecular complexity index is 1230. The van der Waals surface area contributed by atoms with Crippen molar-refractivity contribution in [3.63, 3.8) is 0 Å². The van der Waals surface area contributed by atoms with Crippen LogP contribution in [0.4, 0.5) is 5.69 Å². The van der Waals surface area contributed by atoms with E-state index < -0.39 is 0 Å². The highest BCUT2D eigenvalue weighted by Crippen LogP contribution is 2.31. The van der Waals surface area contributed by atoms with Gasteiger partial charge in [-0.2, -0.15) is 0 Å². The van der Waals surface area contributed by atoms with E-state index in [-0.39, 0.29) is 12.5 Å². The zero-order valence-corrected chi connectivity index (χ0v) is 17.8. The highest BCUT2D eigenvalue weighted by atomic mass is 35.5. The van der Waals surface area contributed by atoms with Crippen LogP contribution in [-0.4, -0.2) is 17.5 Å². The van der Waals surface area contributed by atoms with Crippen molar-refractivity contribution in [2.75, 3.05) is 11.9 Å². The van der Waals surface area contributed by atoms with Crippen LogP contribution in [0.15, 0.2) is 59.0 Å². The molecule has 0 aliphatic heterocycles. The largest absolute Gasteiger partial charge is 0.484 e. The number of benzene rings is 3. The zero-order valence-electron chi connectivity index (χ0n) is 16.3. The Morgan fingerprint density at radius 1 is 1.07 bits per heavy atom. The van der Waals surface area contributed by atoms with E-state index in [4.69, 9.17) is 32.4 Å². The number of rotatable bonds is 5. The van der Waals surface area contributed by atoms with Crippen LogP contribution in [0, 0.1) is 13.8 Å². The molecule has 1 amide bonds. The molecule has 0 aliphatic rings. The number of anilines is 1. The minimum atomic E-state index is -0.340. The monoisotopic (exact) mass is 440 g/mol. The number of ether oxygens (including phenoxy) is 1. The van der Waals surface area contributed by atoms with Gasteiger partial charge in [0.05, 0.1) is 10.7 Å². The number of oxazole rings is 1. The Labute approximate surface area is 183 Å². The van der Waals surface area contributed by atoms with Gasteiger partial charge in [0, 0.05) is 10.6 Å². The molecular formula is C23H18Cl2N2O3. The standard InChI is InChI=1S/C23H18Cl2N2O3/c1-13-9-14(2)22-20(10-13)27-23(30-22)15-3-8-18(25)19(11-15)26-21(28)12-29-17-6-4-16(24)5-7-17/h3-11H,12H2,1-2H3,(H,26,28). The molecule has 0 fully saturated rings. The number of nitrogens with zero attached hydrogens (tertiary/aromatic N) is 1. The van der Waals surface area contributed by atoms with Crippen LogP contribution in [0.25, 0.3) is 22.6 Å². The van der Waals surface area contributed by atoms with Gasteiger partial charge < -0.3 is 14.5 Å². The molecule has 0 unspecified atom stereocenters. The SMILES string of the molecule is Cc1cc(C)c2oc(-c3ccc(Cl)c(NC(=O)COc4ccc(Cl)cc4)c3)nc2c1. The average molecular weight is 441 g/mol. The normalized spacial score (nSPS) is 10.9. The second-order valence-electron chi connectivity index (χ2n) is 6.93. The third-order valence-corrected chi connectivity index (χ3v) is 5.07. The van der Waals surface area contributed by atoms with Gasteiger partial charge in [-0.15, -0.1) is 0 Å². The molecule has 4 aromatic rings. The summed E-state index contributed by atoms with van der Waals surface area (Å²) in [5.74, 6) is 0.669. The minimum Gasteiger partial charge on any atom is -0.484 e. The fourth-order valence-electron chi connectivity index (χ4n) is 3.12. The number of fused-ring (bicyclic) bond motifs is 1. The Balaban J connectivity index is 1.52. The van der Waals surface area contributed by atoms with Gasteiger partial charge in [-0.1, -0.05) is 29.3 Å². The van der Waals surface area contributed by atoms with Crippen molar-refractivity contribution in [2.45, 2.75) is 13.8 Å². The van der Waals surface area contributed by atoms with Crippen molar-refractivity contribution in [3.05, 3.63) is 75.8 Å². The second kappa shape index (κ2) is 8.38. The molecule has 0 spiro atoms. The topological polar surface area (TPSA) is 64.4 Å². The van der Waals surface area contributed by atoms with Crippen LogP contribution >= 0.6 is 23.2 Å². The van der Waals surface area contributed by atoms with E-state index in [1.165, 1.54) is 0 Å². The molecule has 1 heterocycles. The van der Waals surface area contributed by atoms with Gasteiger partial charge in [0.15, 0.2) is 12.2 Å². The predicted molar refractivity (Wildman–Crippen MR) is 120 cm³/mol. The maximum absolute atomic E-state index is 12.3. The first-order chi connectivity index (χ1) is 14.4. The van der Waals surface area contributed by atoms with Gasteiger partial charge in [-0.25, -0.2) is 4.98 Å². The molecular weight excluding hydrogens is 423 g/mol. The third-order valence-electron chi connectivity index (χ3n) is 4.49. The van der Waals surface area contributed by atoms with Crippen molar-refractivity contribution in [1.29, 1.82) is 0 Å². The maximum atomic E-state index is 12.3. The Morgan fingerprint density at radius 3 is 2.60 bits per heavy atom. The predicted octanol–water partition coefficient (Wildman–Crippen LogP) is 6.44. The van der Waals surface area contributed by atoms with Crippen molar-refractivity contribution in [3.8, 4) is 17.2 Å². The summed E-state index contributed by atoms with van der Waals surface area (Å²) in [5.41, 5.74) is 4.83. The first kappa shape index (κ1) is 20.3. The van der Waals surface area contributed by atoms with Crippen LogP contribution in [0.2, 0.25) is 10.0 Å². The fourth-order valence-corrected chi connectivity index (χ4v) is 3.41. The average Bonchev–Trinajstić information content (AvgIpc) is 3.13. The highest BCUT2D eigenvalue weighted by molar-refractivity contribution is 6.33. The van der Waals surface area contributed by atoms with Crippen LogP contribution in [-0.2, 0) is 4.79 Å². The van der Waals surface area contributed by atoms with E-state index in [0.29, 0.717) is 32.9 Å². The summed E-state index contributed by atoms with van der Waals surface area (Å²) in [6, 6.07) is 16.0. The lowest BCUT2D eigenvalue weighted by Crippen LogP contribution is -2.20. The third kappa shape index (κ3) is 4.42. The molecule has 0 radical (unpaired) electrons. The number of amides is 1. The lowest BCUT2D eigenvalue weighted by Gasteiger charge is -2.10. The maximum Gasteiger partial charge on any atom is 0.262 e. The number of carbonyl (C=O) groups excluding carboxylic acids is 1. The van der Waals surface area contributed by atoms with Gasteiger partial charge in [-0.3, -0.25) is 4.79 Å². The van der Waals surface area contributed by atoms with Crippen molar-refractivity contribution < 1.29 is 13.9 Å². The molecule has 4 rings (SSSR count). The molecule has 0 saturated heterocycles. The Morgan fingerprint density at radius 2 is 1.83 bits per heavy atom. The fraction of sp³-hybridized carbons (Fsp3) is 0.130. The van der Waals surface area contributed by atoms with Gasteiger partial charge in [-0.05, 0) is 73.5 Å². The van der Waals surface area contributed by atoms with E-state index in [1.54, 1.807) is 42.5 Å². The van der Waals surface area contributed by atoms with Crippen molar-refractivity contribution >= 4 is 45.9 Å². The van der Waals surface area contributed by atoms with E-state index in [9.17, 15) is 4.79 Å². The summed E-state index contributed by atoms with van der Waals surface area (Å²) in [5, 5.41) is 3.77. The molecule has 0 atom stereocenters. The number of nitrogens with one attached hydrogen (secondary N) is 1. The molecule has 1 N–H and O–H groups in total. The first-order valence-corrected chi connectivity index (χ1v) is 10.0. The highest BCUT2D eigenvalue weighted by Gasteiger charge is 2.14. The van der Waals surface area contributed by atoms with Crippen LogP contribution < -0.4 is 10.1 Å². The summed E-state index contributed by atoms with van der Waals surface area (Å²) in [6.45, 7) is 3.84. The number of aryl methyl sites for hydroxylation is 2. The summed E-state index contributed by atoms with van der Waals surface area (Å²) in [4.78, 5) is 16.9. The van der Waals surface area contributed by atoms with Gasteiger partial charge in [0.2, 0.25) is 5.89 Å². The summed E-state index contributed by atoms with van der Waals surface area (Å²) < 4.78 is 11.4. The van der Waals surface area contributed by atoms with Crippen molar-refractivity contribution in [1.82, 2.24) is 4.98 Å². The lowest BCUT2D eigenvalue weighted by atomic mass is 10.1. The molecule has 3 aromatic carbocycles. The number of aromatic nitrogens is 1. The zero-order chi connectivity index (χ0) is 21.3. The van der Waals surface area contributed by atoms with Gasteiger partial charge >= 0.3 is 0 Å². The second-order valence-corrected chi connectivity index (χ2v) is 7.78. The van der Waals surface area contributed by atoms with Gasteiger partial charge in [0.1, 0.15) is 11.3 Å². The molecule has 0 saturated carbocycles. The molecule has 5 nitrogen and oxygen atoms in total. The molecule has 7 heteroatoms. The minimum absolute atomic E-state index is 0.163. The quantitative estimate of drug-likeness (QED) is 0.387. The summed E-state index contributed by atoms with van der Waals surface area (Å²) >= 11 is 12.1. The van der Waals surface area contributed by atoms with Gasteiger partial charge in [0.25, 0.3) is 5.91 Å². The van der Waals surface area contributed by atoms with Crippen LogP contribution in [0.5, 0.6) is 5.75 Å². The Hall–Kier alpha value is -3.02.